The molecule has 1 aliphatic heterocycles. The summed E-state index contributed by atoms with van der Waals surface area (Å²) in [7, 11) is 0. The van der Waals surface area contributed by atoms with Gasteiger partial charge in [0.05, 0.1) is 0 Å². The second-order valence-electron chi connectivity index (χ2n) is 5.32. The molecule has 0 saturated carbocycles. The second-order valence-corrected chi connectivity index (χ2v) is 7.33. The summed E-state index contributed by atoms with van der Waals surface area (Å²) in [6.07, 6.45) is 3.49. The molecule has 108 valence electrons. The van der Waals surface area contributed by atoms with Crippen LogP contribution >= 0.6 is 22.7 Å². The van der Waals surface area contributed by atoms with Crippen molar-refractivity contribution in [2.24, 2.45) is 5.92 Å². The number of rotatable bonds is 6. The van der Waals surface area contributed by atoms with Crippen LogP contribution in [0.25, 0.3) is 0 Å². The molecular weight excluding hydrogens is 286 g/mol. The molecule has 1 aliphatic rings. The van der Waals surface area contributed by atoms with Gasteiger partial charge < -0.3 is 10.1 Å². The third-order valence-corrected chi connectivity index (χ3v) is 5.75. The normalized spacial score (nSPS) is 18.2. The molecule has 4 heteroatoms. The van der Waals surface area contributed by atoms with Crippen molar-refractivity contribution in [3.63, 3.8) is 0 Å². The van der Waals surface area contributed by atoms with Gasteiger partial charge in [-0.2, -0.15) is 0 Å². The van der Waals surface area contributed by atoms with Crippen LogP contribution in [0.1, 0.15) is 28.6 Å². The first kappa shape index (κ1) is 14.3. The number of thiophene rings is 2. The van der Waals surface area contributed by atoms with E-state index in [1.165, 1.54) is 22.6 Å². The minimum absolute atomic E-state index is 0.455. The van der Waals surface area contributed by atoms with E-state index in [-0.39, 0.29) is 0 Å². The van der Waals surface area contributed by atoms with Crippen molar-refractivity contribution in [3.05, 3.63) is 44.8 Å². The lowest BCUT2D eigenvalue weighted by atomic mass is 9.99. The molecule has 0 spiro atoms. The van der Waals surface area contributed by atoms with Crippen LogP contribution in [0.5, 0.6) is 0 Å². The zero-order valence-corrected chi connectivity index (χ0v) is 13.2. The maximum absolute atomic E-state index is 5.44. The number of hydrogen-bond donors (Lipinski definition) is 1. The van der Waals surface area contributed by atoms with E-state index in [4.69, 9.17) is 4.74 Å². The molecule has 0 aromatic carbocycles. The highest BCUT2D eigenvalue weighted by Crippen LogP contribution is 2.25. The van der Waals surface area contributed by atoms with Gasteiger partial charge in [0.15, 0.2) is 0 Å². The minimum atomic E-state index is 0.455. The molecule has 0 aliphatic carbocycles. The smallest absolute Gasteiger partial charge is 0.0469 e. The molecule has 2 nitrogen and oxygen atoms in total. The van der Waals surface area contributed by atoms with Gasteiger partial charge in [0.1, 0.15) is 0 Å². The van der Waals surface area contributed by atoms with Crippen LogP contribution in [0.2, 0.25) is 0 Å². The fourth-order valence-electron chi connectivity index (χ4n) is 2.65. The molecule has 0 radical (unpaired) electrons. The largest absolute Gasteiger partial charge is 0.381 e. The van der Waals surface area contributed by atoms with E-state index < -0.39 is 0 Å². The summed E-state index contributed by atoms with van der Waals surface area (Å²) >= 11 is 3.71. The summed E-state index contributed by atoms with van der Waals surface area (Å²) in [6, 6.07) is 9.24. The fraction of sp³-hybridized carbons (Fsp3) is 0.500. The Balaban J connectivity index is 1.60. The molecule has 0 amide bonds. The molecule has 20 heavy (non-hydrogen) atoms. The zero-order chi connectivity index (χ0) is 13.6. The Kier molecular flexibility index (Phi) is 5.25. The Hall–Kier alpha value is -0.680. The van der Waals surface area contributed by atoms with Crippen molar-refractivity contribution in [1.29, 1.82) is 0 Å². The Labute approximate surface area is 128 Å². The highest BCUT2D eigenvalue weighted by Gasteiger charge is 2.18. The summed E-state index contributed by atoms with van der Waals surface area (Å²) in [4.78, 5) is 2.91. The Morgan fingerprint density at radius 1 is 1.15 bits per heavy atom. The van der Waals surface area contributed by atoms with Gasteiger partial charge in [-0.1, -0.05) is 12.1 Å². The third kappa shape index (κ3) is 3.92. The molecular formula is C16H21NOS2. The van der Waals surface area contributed by atoms with Crippen LogP contribution in [-0.4, -0.2) is 19.8 Å². The van der Waals surface area contributed by atoms with Gasteiger partial charge in [-0.05, 0) is 48.2 Å². The molecule has 2 aromatic rings. The summed E-state index contributed by atoms with van der Waals surface area (Å²) in [5.41, 5.74) is 0. The van der Waals surface area contributed by atoms with Crippen molar-refractivity contribution < 1.29 is 4.74 Å². The minimum Gasteiger partial charge on any atom is -0.381 e. The maximum Gasteiger partial charge on any atom is 0.0469 e. The molecule has 1 saturated heterocycles. The SMILES string of the molecule is c1csc(CC(NCC2CCOCC2)c2cccs2)c1. The first-order valence-electron chi connectivity index (χ1n) is 7.29. The molecule has 0 bridgehead atoms. The topological polar surface area (TPSA) is 21.3 Å². The number of ether oxygens (including phenoxy) is 1. The van der Waals surface area contributed by atoms with Crippen molar-refractivity contribution in [3.8, 4) is 0 Å². The van der Waals surface area contributed by atoms with Gasteiger partial charge in [-0.3, -0.25) is 0 Å². The van der Waals surface area contributed by atoms with Crippen LogP contribution < -0.4 is 5.32 Å². The predicted molar refractivity (Wildman–Crippen MR) is 86.6 cm³/mol. The Morgan fingerprint density at radius 2 is 1.95 bits per heavy atom. The van der Waals surface area contributed by atoms with Crippen LogP contribution in [0.4, 0.5) is 0 Å². The highest BCUT2D eigenvalue weighted by molar-refractivity contribution is 7.10. The molecule has 1 fully saturated rings. The van der Waals surface area contributed by atoms with E-state index in [2.05, 4.69) is 40.3 Å². The summed E-state index contributed by atoms with van der Waals surface area (Å²) in [6.45, 7) is 2.97. The van der Waals surface area contributed by atoms with Crippen LogP contribution in [0.15, 0.2) is 35.0 Å². The van der Waals surface area contributed by atoms with E-state index in [1.807, 2.05) is 22.7 Å². The fourth-order valence-corrected chi connectivity index (χ4v) is 4.21. The predicted octanol–water partition coefficient (Wildman–Crippen LogP) is 4.11. The Morgan fingerprint density at radius 3 is 2.65 bits per heavy atom. The van der Waals surface area contributed by atoms with Crippen molar-refractivity contribution >= 4 is 22.7 Å². The van der Waals surface area contributed by atoms with Crippen LogP contribution in [0, 0.1) is 5.92 Å². The van der Waals surface area contributed by atoms with Gasteiger partial charge in [-0.15, -0.1) is 22.7 Å². The maximum atomic E-state index is 5.44. The molecule has 2 aromatic heterocycles. The lowest BCUT2D eigenvalue weighted by Crippen LogP contribution is -2.31. The van der Waals surface area contributed by atoms with Gasteiger partial charge >= 0.3 is 0 Å². The van der Waals surface area contributed by atoms with Gasteiger partial charge in [-0.25, -0.2) is 0 Å². The quantitative estimate of drug-likeness (QED) is 0.867. The van der Waals surface area contributed by atoms with E-state index in [0.717, 1.165) is 32.1 Å². The summed E-state index contributed by atoms with van der Waals surface area (Å²) in [5.74, 6) is 0.773. The highest BCUT2D eigenvalue weighted by atomic mass is 32.1. The van der Waals surface area contributed by atoms with E-state index in [9.17, 15) is 0 Å². The zero-order valence-electron chi connectivity index (χ0n) is 11.6. The third-order valence-electron chi connectivity index (χ3n) is 3.87. The van der Waals surface area contributed by atoms with Crippen molar-refractivity contribution in [2.45, 2.75) is 25.3 Å². The van der Waals surface area contributed by atoms with E-state index in [0.29, 0.717) is 6.04 Å². The van der Waals surface area contributed by atoms with Crippen molar-refractivity contribution in [1.82, 2.24) is 5.32 Å². The lowest BCUT2D eigenvalue weighted by molar-refractivity contribution is 0.0655. The molecule has 3 heterocycles. The van der Waals surface area contributed by atoms with Gasteiger partial charge in [0.25, 0.3) is 0 Å². The van der Waals surface area contributed by atoms with E-state index >= 15 is 0 Å². The van der Waals surface area contributed by atoms with Gasteiger partial charge in [0.2, 0.25) is 0 Å². The second kappa shape index (κ2) is 7.36. The molecule has 1 unspecified atom stereocenters. The summed E-state index contributed by atoms with van der Waals surface area (Å²) in [5, 5.41) is 8.13. The van der Waals surface area contributed by atoms with Crippen LogP contribution in [0.3, 0.4) is 0 Å². The average molecular weight is 307 g/mol. The van der Waals surface area contributed by atoms with Crippen molar-refractivity contribution in [2.75, 3.05) is 19.8 Å². The van der Waals surface area contributed by atoms with E-state index in [1.54, 1.807) is 0 Å². The molecule has 3 rings (SSSR count). The molecule has 1 N–H and O–H groups in total. The Bertz CT molecular complexity index is 475. The van der Waals surface area contributed by atoms with Crippen LogP contribution in [-0.2, 0) is 11.2 Å². The monoisotopic (exact) mass is 307 g/mol. The lowest BCUT2D eigenvalue weighted by Gasteiger charge is -2.25. The summed E-state index contributed by atoms with van der Waals surface area (Å²) < 4.78 is 5.44. The standard InChI is InChI=1S/C16H21NOS2/c1-3-14(19-9-1)11-15(16-4-2-10-20-16)17-12-13-5-7-18-8-6-13/h1-4,9-10,13,15,17H,5-8,11-12H2. The number of hydrogen-bond acceptors (Lipinski definition) is 4. The molecule has 1 atom stereocenters. The first-order valence-corrected chi connectivity index (χ1v) is 9.04. The number of nitrogens with one attached hydrogen (secondary N) is 1. The average Bonchev–Trinajstić information content (AvgIpc) is 3.17. The van der Waals surface area contributed by atoms with Gasteiger partial charge in [0, 0.05) is 35.4 Å². The first-order chi connectivity index (χ1) is 9.92.